The Balaban J connectivity index is 1.75. The van der Waals surface area contributed by atoms with E-state index in [1.807, 2.05) is 42.5 Å². The molecule has 1 aliphatic heterocycles. The number of fused-ring (bicyclic) bond motifs is 1. The standard InChI is InChI=1S/C16H16ClNO2/c1-11(12-2-4-13(17)5-3-12)18-14-6-7-15-16(10-14)20-9-8-19-15/h2-7,10-11,18H,8-9H2,1H3. The van der Waals surface area contributed by atoms with Crippen LogP contribution in [0.2, 0.25) is 5.02 Å². The van der Waals surface area contributed by atoms with Gasteiger partial charge < -0.3 is 14.8 Å². The third kappa shape index (κ3) is 2.83. The molecule has 1 atom stereocenters. The molecule has 2 aromatic rings. The minimum absolute atomic E-state index is 0.190. The molecular formula is C16H16ClNO2. The second-order valence-electron chi connectivity index (χ2n) is 4.78. The topological polar surface area (TPSA) is 30.5 Å². The molecule has 0 amide bonds. The van der Waals surface area contributed by atoms with Gasteiger partial charge in [0, 0.05) is 22.8 Å². The number of nitrogens with one attached hydrogen (secondary N) is 1. The van der Waals surface area contributed by atoms with Crippen molar-refractivity contribution < 1.29 is 9.47 Å². The number of rotatable bonds is 3. The summed E-state index contributed by atoms with van der Waals surface area (Å²) in [7, 11) is 0. The Bertz CT molecular complexity index is 598. The van der Waals surface area contributed by atoms with E-state index in [9.17, 15) is 0 Å². The van der Waals surface area contributed by atoms with Crippen molar-refractivity contribution in [2.75, 3.05) is 18.5 Å². The lowest BCUT2D eigenvalue weighted by molar-refractivity contribution is 0.171. The Morgan fingerprint density at radius 2 is 1.70 bits per heavy atom. The number of hydrogen-bond acceptors (Lipinski definition) is 3. The van der Waals surface area contributed by atoms with Crippen LogP contribution in [-0.4, -0.2) is 13.2 Å². The first-order valence-corrected chi connectivity index (χ1v) is 7.02. The van der Waals surface area contributed by atoms with Crippen LogP contribution < -0.4 is 14.8 Å². The Labute approximate surface area is 123 Å². The average molecular weight is 290 g/mol. The van der Waals surface area contributed by atoms with Gasteiger partial charge in [-0.05, 0) is 36.8 Å². The fourth-order valence-corrected chi connectivity index (χ4v) is 2.34. The molecule has 0 saturated heterocycles. The summed E-state index contributed by atoms with van der Waals surface area (Å²) in [6.45, 7) is 3.32. The second-order valence-corrected chi connectivity index (χ2v) is 5.21. The first-order valence-electron chi connectivity index (χ1n) is 6.64. The summed E-state index contributed by atoms with van der Waals surface area (Å²) in [6, 6.07) is 14.0. The van der Waals surface area contributed by atoms with Crippen molar-refractivity contribution in [2.24, 2.45) is 0 Å². The predicted molar refractivity (Wildman–Crippen MR) is 80.9 cm³/mol. The van der Waals surface area contributed by atoms with Crippen LogP contribution in [-0.2, 0) is 0 Å². The Hall–Kier alpha value is -1.87. The van der Waals surface area contributed by atoms with Crippen molar-refractivity contribution in [2.45, 2.75) is 13.0 Å². The van der Waals surface area contributed by atoms with Crippen molar-refractivity contribution in [1.29, 1.82) is 0 Å². The van der Waals surface area contributed by atoms with E-state index in [1.165, 1.54) is 5.56 Å². The van der Waals surface area contributed by atoms with Crippen LogP contribution in [0, 0.1) is 0 Å². The number of benzene rings is 2. The smallest absolute Gasteiger partial charge is 0.163 e. The summed E-state index contributed by atoms with van der Waals surface area (Å²) < 4.78 is 11.1. The highest BCUT2D eigenvalue weighted by Crippen LogP contribution is 2.33. The molecule has 1 aliphatic rings. The van der Waals surface area contributed by atoms with E-state index in [-0.39, 0.29) is 6.04 Å². The van der Waals surface area contributed by atoms with Gasteiger partial charge in [0.15, 0.2) is 11.5 Å². The van der Waals surface area contributed by atoms with E-state index in [2.05, 4.69) is 12.2 Å². The fraction of sp³-hybridized carbons (Fsp3) is 0.250. The number of hydrogen-bond donors (Lipinski definition) is 1. The van der Waals surface area contributed by atoms with Gasteiger partial charge in [-0.3, -0.25) is 0 Å². The van der Waals surface area contributed by atoms with Crippen molar-refractivity contribution >= 4 is 17.3 Å². The molecule has 20 heavy (non-hydrogen) atoms. The number of anilines is 1. The summed E-state index contributed by atoms with van der Waals surface area (Å²) >= 11 is 5.91. The van der Waals surface area contributed by atoms with Crippen molar-refractivity contribution in [1.82, 2.24) is 0 Å². The lowest BCUT2D eigenvalue weighted by atomic mass is 10.1. The SMILES string of the molecule is CC(Nc1ccc2c(c1)OCCO2)c1ccc(Cl)cc1. The molecule has 3 nitrogen and oxygen atoms in total. The average Bonchev–Trinajstić information content (AvgIpc) is 2.48. The molecule has 1 unspecified atom stereocenters. The molecule has 0 saturated carbocycles. The molecule has 1 N–H and O–H groups in total. The first kappa shape index (κ1) is 13.1. The summed E-state index contributed by atoms with van der Waals surface area (Å²) in [5, 5.41) is 4.20. The van der Waals surface area contributed by atoms with Gasteiger partial charge in [0.05, 0.1) is 0 Å². The summed E-state index contributed by atoms with van der Waals surface area (Å²) in [5.74, 6) is 1.60. The van der Waals surface area contributed by atoms with Gasteiger partial charge in [-0.1, -0.05) is 23.7 Å². The molecule has 0 radical (unpaired) electrons. The van der Waals surface area contributed by atoms with Crippen LogP contribution in [0.3, 0.4) is 0 Å². The first-order chi connectivity index (χ1) is 9.72. The van der Waals surface area contributed by atoms with Crippen LogP contribution in [0.25, 0.3) is 0 Å². The maximum atomic E-state index is 5.91. The molecular weight excluding hydrogens is 274 g/mol. The van der Waals surface area contributed by atoms with Gasteiger partial charge in [-0.25, -0.2) is 0 Å². The molecule has 104 valence electrons. The lowest BCUT2D eigenvalue weighted by Gasteiger charge is -2.21. The van der Waals surface area contributed by atoms with Gasteiger partial charge in [0.25, 0.3) is 0 Å². The van der Waals surface area contributed by atoms with E-state index in [1.54, 1.807) is 0 Å². The van der Waals surface area contributed by atoms with E-state index >= 15 is 0 Å². The maximum absolute atomic E-state index is 5.91. The normalized spacial score (nSPS) is 14.7. The monoisotopic (exact) mass is 289 g/mol. The summed E-state index contributed by atoms with van der Waals surface area (Å²) in [4.78, 5) is 0. The highest BCUT2D eigenvalue weighted by atomic mass is 35.5. The highest BCUT2D eigenvalue weighted by molar-refractivity contribution is 6.30. The highest BCUT2D eigenvalue weighted by Gasteiger charge is 2.13. The molecule has 2 aromatic carbocycles. The van der Waals surface area contributed by atoms with Gasteiger partial charge in [-0.15, -0.1) is 0 Å². The van der Waals surface area contributed by atoms with Crippen LogP contribution >= 0.6 is 11.6 Å². The second kappa shape index (κ2) is 5.63. The predicted octanol–water partition coefficient (Wildman–Crippen LogP) is 4.28. The summed E-state index contributed by atoms with van der Waals surface area (Å²) in [6.07, 6.45) is 0. The van der Waals surface area contributed by atoms with Crippen molar-refractivity contribution in [3.63, 3.8) is 0 Å². The minimum Gasteiger partial charge on any atom is -0.486 e. The number of halogens is 1. The number of ether oxygens (including phenoxy) is 2. The zero-order valence-corrected chi connectivity index (χ0v) is 12.0. The van der Waals surface area contributed by atoms with E-state index < -0.39 is 0 Å². The van der Waals surface area contributed by atoms with E-state index in [0.717, 1.165) is 22.2 Å². The van der Waals surface area contributed by atoms with Crippen LogP contribution in [0.15, 0.2) is 42.5 Å². The van der Waals surface area contributed by atoms with Crippen LogP contribution in [0.4, 0.5) is 5.69 Å². The Morgan fingerprint density at radius 1 is 1.00 bits per heavy atom. The molecule has 0 bridgehead atoms. The van der Waals surface area contributed by atoms with Crippen molar-refractivity contribution in [3.8, 4) is 11.5 Å². The van der Waals surface area contributed by atoms with Gasteiger partial charge in [0.1, 0.15) is 13.2 Å². The van der Waals surface area contributed by atoms with Crippen LogP contribution in [0.1, 0.15) is 18.5 Å². The Kier molecular flexibility index (Phi) is 3.70. The third-order valence-electron chi connectivity index (χ3n) is 3.30. The zero-order valence-electron chi connectivity index (χ0n) is 11.2. The Morgan fingerprint density at radius 3 is 2.45 bits per heavy atom. The minimum atomic E-state index is 0.190. The van der Waals surface area contributed by atoms with Crippen molar-refractivity contribution in [3.05, 3.63) is 53.1 Å². The largest absolute Gasteiger partial charge is 0.486 e. The lowest BCUT2D eigenvalue weighted by Crippen LogP contribution is -2.15. The van der Waals surface area contributed by atoms with E-state index in [4.69, 9.17) is 21.1 Å². The quantitative estimate of drug-likeness (QED) is 0.914. The molecule has 0 fully saturated rings. The fourth-order valence-electron chi connectivity index (χ4n) is 2.22. The van der Waals surface area contributed by atoms with Gasteiger partial charge in [-0.2, -0.15) is 0 Å². The molecule has 0 aromatic heterocycles. The van der Waals surface area contributed by atoms with Gasteiger partial charge in [0.2, 0.25) is 0 Å². The molecule has 1 heterocycles. The zero-order chi connectivity index (χ0) is 13.9. The third-order valence-corrected chi connectivity index (χ3v) is 3.55. The molecule has 3 rings (SSSR count). The van der Waals surface area contributed by atoms with Gasteiger partial charge >= 0.3 is 0 Å². The van der Waals surface area contributed by atoms with Crippen LogP contribution in [0.5, 0.6) is 11.5 Å². The summed E-state index contributed by atoms with van der Waals surface area (Å²) in [5.41, 5.74) is 2.20. The molecule has 0 spiro atoms. The molecule has 4 heteroatoms. The molecule has 0 aliphatic carbocycles. The maximum Gasteiger partial charge on any atom is 0.163 e. The van der Waals surface area contributed by atoms with E-state index in [0.29, 0.717) is 13.2 Å².